The number of likely N-dealkylation sites (N-methyl/N-ethyl adjacent to an activating group) is 1. The van der Waals surface area contributed by atoms with E-state index in [0.29, 0.717) is 0 Å². The van der Waals surface area contributed by atoms with Gasteiger partial charge in [-0.15, -0.1) is 0 Å². The maximum atomic E-state index is 11.3. The first-order valence-electron chi connectivity index (χ1n) is 5.24. The van der Waals surface area contributed by atoms with E-state index in [1.165, 1.54) is 0 Å². The number of carbonyl (C=O) groups excluding carboxylic acids is 1. The lowest BCUT2D eigenvalue weighted by atomic mass is 9.97. The van der Waals surface area contributed by atoms with Gasteiger partial charge in [0.2, 0.25) is 5.91 Å². The number of aliphatic hydroxyl groups excluding tert-OH is 1. The van der Waals surface area contributed by atoms with Gasteiger partial charge in [-0.25, -0.2) is 0 Å². The fourth-order valence-corrected chi connectivity index (χ4v) is 2.14. The van der Waals surface area contributed by atoms with Crippen molar-refractivity contribution in [3.8, 4) is 0 Å². The van der Waals surface area contributed by atoms with Crippen LogP contribution in [0.4, 0.5) is 0 Å². The van der Waals surface area contributed by atoms with Crippen LogP contribution in [0.1, 0.15) is 32.6 Å². The Bertz CT molecular complexity index is 200. The zero-order valence-corrected chi connectivity index (χ0v) is 8.97. The van der Waals surface area contributed by atoms with Crippen LogP contribution in [0.25, 0.3) is 0 Å². The molecule has 0 aromatic rings. The van der Waals surface area contributed by atoms with E-state index < -0.39 is 0 Å². The Morgan fingerprint density at radius 3 is 2.50 bits per heavy atom. The Balaban J connectivity index is 2.51. The van der Waals surface area contributed by atoms with E-state index in [1.807, 2.05) is 6.92 Å². The molecule has 0 heterocycles. The van der Waals surface area contributed by atoms with Gasteiger partial charge < -0.3 is 10.4 Å². The monoisotopic (exact) mass is 200 g/mol. The number of aliphatic hydroxyl groups is 1. The minimum atomic E-state index is -0.231. The van der Waals surface area contributed by atoms with E-state index in [9.17, 15) is 9.90 Å². The third-order valence-corrected chi connectivity index (χ3v) is 3.03. The van der Waals surface area contributed by atoms with E-state index in [4.69, 9.17) is 0 Å². The molecule has 1 aliphatic carbocycles. The van der Waals surface area contributed by atoms with Crippen molar-refractivity contribution in [3.05, 3.63) is 0 Å². The summed E-state index contributed by atoms with van der Waals surface area (Å²) >= 11 is 0. The molecule has 0 aromatic carbocycles. The van der Waals surface area contributed by atoms with Crippen LogP contribution in [-0.2, 0) is 4.79 Å². The summed E-state index contributed by atoms with van der Waals surface area (Å²) in [5, 5.41) is 15.2. The number of carbonyl (C=O) groups is 1. The largest absolute Gasteiger partial charge is 0.394 e. The van der Waals surface area contributed by atoms with Gasteiger partial charge in [-0.05, 0) is 19.8 Å². The van der Waals surface area contributed by atoms with Gasteiger partial charge in [0.05, 0.1) is 12.6 Å². The molecular weight excluding hydrogens is 180 g/mol. The van der Waals surface area contributed by atoms with Gasteiger partial charge in [0.15, 0.2) is 0 Å². The van der Waals surface area contributed by atoms with Crippen LogP contribution >= 0.6 is 0 Å². The highest BCUT2D eigenvalue weighted by Gasteiger charge is 2.35. The topological polar surface area (TPSA) is 61.4 Å². The Labute approximate surface area is 85.1 Å². The van der Waals surface area contributed by atoms with Crippen LogP contribution < -0.4 is 10.6 Å². The Hall–Kier alpha value is -0.610. The summed E-state index contributed by atoms with van der Waals surface area (Å²) in [6.45, 7) is 1.95. The van der Waals surface area contributed by atoms with Crippen LogP contribution in [0, 0.1) is 0 Å². The average Bonchev–Trinajstić information content (AvgIpc) is 2.65. The van der Waals surface area contributed by atoms with Gasteiger partial charge in [-0.2, -0.15) is 0 Å². The quantitative estimate of drug-likeness (QED) is 0.599. The van der Waals surface area contributed by atoms with Crippen LogP contribution in [0.15, 0.2) is 0 Å². The number of hydrogen-bond donors (Lipinski definition) is 3. The molecule has 3 N–H and O–H groups in total. The van der Waals surface area contributed by atoms with E-state index in [-0.39, 0.29) is 24.1 Å². The summed E-state index contributed by atoms with van der Waals surface area (Å²) < 4.78 is 0. The first-order valence-corrected chi connectivity index (χ1v) is 5.24. The summed E-state index contributed by atoms with van der Waals surface area (Å²) in [4.78, 5) is 11.3. The van der Waals surface area contributed by atoms with Crippen LogP contribution in [-0.4, -0.2) is 36.2 Å². The molecule has 0 bridgehead atoms. The summed E-state index contributed by atoms with van der Waals surface area (Å²) in [5.41, 5.74) is -0.216. The number of nitrogens with one attached hydrogen (secondary N) is 2. The third kappa shape index (κ3) is 2.45. The second-order valence-electron chi connectivity index (χ2n) is 4.13. The van der Waals surface area contributed by atoms with E-state index in [2.05, 4.69) is 10.6 Å². The molecular formula is C10H20N2O2. The van der Waals surface area contributed by atoms with Crippen LogP contribution in [0.2, 0.25) is 0 Å². The van der Waals surface area contributed by atoms with Gasteiger partial charge in [0.1, 0.15) is 0 Å². The lowest BCUT2D eigenvalue weighted by molar-refractivity contribution is -0.122. The number of rotatable bonds is 4. The lowest BCUT2D eigenvalue weighted by Crippen LogP contribution is -2.54. The Morgan fingerprint density at radius 1 is 1.50 bits per heavy atom. The molecule has 1 unspecified atom stereocenters. The van der Waals surface area contributed by atoms with Gasteiger partial charge in [-0.3, -0.25) is 10.1 Å². The molecule has 14 heavy (non-hydrogen) atoms. The predicted molar refractivity (Wildman–Crippen MR) is 54.9 cm³/mol. The first kappa shape index (κ1) is 11.5. The molecule has 1 saturated carbocycles. The average molecular weight is 200 g/mol. The van der Waals surface area contributed by atoms with Gasteiger partial charge in [-0.1, -0.05) is 12.8 Å². The molecule has 1 fully saturated rings. The van der Waals surface area contributed by atoms with E-state index >= 15 is 0 Å². The highest BCUT2D eigenvalue weighted by Crippen LogP contribution is 2.29. The van der Waals surface area contributed by atoms with Crippen LogP contribution in [0.5, 0.6) is 0 Å². The summed E-state index contributed by atoms with van der Waals surface area (Å²) in [6, 6.07) is -0.231. The predicted octanol–water partition coefficient (Wildman–Crippen LogP) is 0.0156. The fourth-order valence-electron chi connectivity index (χ4n) is 2.14. The maximum absolute atomic E-state index is 11.3. The van der Waals surface area contributed by atoms with Crippen molar-refractivity contribution in [2.75, 3.05) is 13.7 Å². The molecule has 0 aromatic heterocycles. The van der Waals surface area contributed by atoms with Crippen molar-refractivity contribution >= 4 is 5.91 Å². The van der Waals surface area contributed by atoms with Crippen LogP contribution in [0.3, 0.4) is 0 Å². The molecule has 1 rings (SSSR count). The SMILES string of the molecule is CNC(=O)C(C)NC1(CO)CCCC1. The fraction of sp³-hybridized carbons (Fsp3) is 0.900. The van der Waals surface area contributed by atoms with E-state index in [0.717, 1.165) is 25.7 Å². The van der Waals surface area contributed by atoms with Crippen molar-refractivity contribution in [2.24, 2.45) is 0 Å². The van der Waals surface area contributed by atoms with Crippen molar-refractivity contribution in [3.63, 3.8) is 0 Å². The van der Waals surface area contributed by atoms with Crippen molar-refractivity contribution in [1.82, 2.24) is 10.6 Å². The Morgan fingerprint density at radius 2 is 2.07 bits per heavy atom. The molecule has 1 amide bonds. The molecule has 0 spiro atoms. The molecule has 0 aliphatic heterocycles. The van der Waals surface area contributed by atoms with Gasteiger partial charge >= 0.3 is 0 Å². The normalized spacial score (nSPS) is 21.9. The minimum absolute atomic E-state index is 0.0234. The number of amides is 1. The minimum Gasteiger partial charge on any atom is -0.394 e. The molecule has 4 heteroatoms. The molecule has 1 aliphatic rings. The van der Waals surface area contributed by atoms with Crippen molar-refractivity contribution in [2.45, 2.75) is 44.2 Å². The molecule has 1 atom stereocenters. The first-order chi connectivity index (χ1) is 6.63. The smallest absolute Gasteiger partial charge is 0.236 e. The maximum Gasteiger partial charge on any atom is 0.236 e. The highest BCUT2D eigenvalue weighted by atomic mass is 16.3. The summed E-state index contributed by atoms with van der Waals surface area (Å²) in [5.74, 6) is -0.0234. The zero-order valence-electron chi connectivity index (χ0n) is 8.97. The van der Waals surface area contributed by atoms with Gasteiger partial charge in [0, 0.05) is 12.6 Å². The van der Waals surface area contributed by atoms with Crippen molar-refractivity contribution in [1.29, 1.82) is 0 Å². The molecule has 0 saturated heterocycles. The summed E-state index contributed by atoms with van der Waals surface area (Å²) in [7, 11) is 1.63. The summed E-state index contributed by atoms with van der Waals surface area (Å²) in [6.07, 6.45) is 4.19. The Kier molecular flexibility index (Phi) is 3.89. The van der Waals surface area contributed by atoms with E-state index in [1.54, 1.807) is 7.05 Å². The second kappa shape index (κ2) is 4.75. The standard InChI is InChI=1S/C10H20N2O2/c1-8(9(14)11-2)12-10(7-13)5-3-4-6-10/h8,12-13H,3-7H2,1-2H3,(H,11,14). The van der Waals surface area contributed by atoms with Crippen molar-refractivity contribution < 1.29 is 9.90 Å². The molecule has 82 valence electrons. The molecule has 0 radical (unpaired) electrons. The molecule has 4 nitrogen and oxygen atoms in total. The zero-order chi connectivity index (χ0) is 10.6. The van der Waals surface area contributed by atoms with Gasteiger partial charge in [0.25, 0.3) is 0 Å². The highest BCUT2D eigenvalue weighted by molar-refractivity contribution is 5.81. The third-order valence-electron chi connectivity index (χ3n) is 3.03. The number of hydrogen-bond acceptors (Lipinski definition) is 3. The second-order valence-corrected chi connectivity index (χ2v) is 4.13. The lowest BCUT2D eigenvalue weighted by Gasteiger charge is -2.31.